The summed E-state index contributed by atoms with van der Waals surface area (Å²) in [6.07, 6.45) is -0.0862. The molecule has 0 radical (unpaired) electrons. The zero-order valence-electron chi connectivity index (χ0n) is 13.4. The van der Waals surface area contributed by atoms with Gasteiger partial charge in [0.25, 0.3) is 5.91 Å². The van der Waals surface area contributed by atoms with E-state index in [1.165, 1.54) is 18.2 Å². The van der Waals surface area contributed by atoms with E-state index in [1.807, 2.05) is 26.0 Å². The van der Waals surface area contributed by atoms with Crippen molar-refractivity contribution in [3.05, 3.63) is 59.4 Å². The van der Waals surface area contributed by atoms with Crippen molar-refractivity contribution in [2.75, 3.05) is 12.4 Å². The van der Waals surface area contributed by atoms with Crippen molar-refractivity contribution in [1.82, 2.24) is 0 Å². The average Bonchev–Trinajstić information content (AvgIpc) is 2.50. The van der Waals surface area contributed by atoms with Crippen LogP contribution in [0.3, 0.4) is 0 Å². The van der Waals surface area contributed by atoms with Crippen LogP contribution < -0.4 is 10.1 Å². The van der Waals surface area contributed by atoms with Gasteiger partial charge in [0.1, 0.15) is 11.6 Å². The Labute approximate surface area is 135 Å². The van der Waals surface area contributed by atoms with E-state index in [9.17, 15) is 9.18 Å². The third kappa shape index (κ3) is 4.53. The average molecular weight is 317 g/mol. The molecule has 0 saturated heterocycles. The van der Waals surface area contributed by atoms with Gasteiger partial charge in [0.15, 0.2) is 0 Å². The van der Waals surface area contributed by atoms with Crippen LogP contribution in [0.15, 0.2) is 42.5 Å². The first-order chi connectivity index (χ1) is 11.0. The maximum Gasteiger partial charge on any atom is 0.256 e. The second kappa shape index (κ2) is 7.74. The van der Waals surface area contributed by atoms with Crippen LogP contribution in [0.5, 0.6) is 5.75 Å². The van der Waals surface area contributed by atoms with Gasteiger partial charge in [-0.25, -0.2) is 4.39 Å². The van der Waals surface area contributed by atoms with Crippen LogP contribution in [0.1, 0.15) is 29.8 Å². The minimum atomic E-state index is -0.443. The quantitative estimate of drug-likeness (QED) is 0.875. The Morgan fingerprint density at radius 2 is 1.96 bits per heavy atom. The van der Waals surface area contributed by atoms with Gasteiger partial charge < -0.3 is 14.8 Å². The minimum absolute atomic E-state index is 0.0862. The third-order valence-corrected chi connectivity index (χ3v) is 3.11. The van der Waals surface area contributed by atoms with E-state index in [0.717, 1.165) is 5.56 Å². The number of anilines is 1. The molecule has 0 saturated carbocycles. The number of rotatable bonds is 6. The second-order valence-electron chi connectivity index (χ2n) is 5.35. The van der Waals surface area contributed by atoms with Crippen molar-refractivity contribution in [3.8, 4) is 5.75 Å². The van der Waals surface area contributed by atoms with E-state index in [1.54, 1.807) is 19.2 Å². The lowest BCUT2D eigenvalue weighted by Gasteiger charge is -2.16. The molecule has 2 aromatic carbocycles. The number of carbonyl (C=O) groups excluding carboxylic acids is 1. The number of ether oxygens (including phenoxy) is 2. The van der Waals surface area contributed by atoms with Crippen molar-refractivity contribution < 1.29 is 18.7 Å². The number of carbonyl (C=O) groups is 1. The van der Waals surface area contributed by atoms with Gasteiger partial charge in [0.2, 0.25) is 0 Å². The highest BCUT2D eigenvalue weighted by Gasteiger charge is 2.14. The first kappa shape index (κ1) is 17.0. The second-order valence-corrected chi connectivity index (χ2v) is 5.35. The summed E-state index contributed by atoms with van der Waals surface area (Å²) in [5.74, 6) is -0.350. The van der Waals surface area contributed by atoms with Crippen LogP contribution in [-0.4, -0.2) is 19.1 Å². The molecule has 0 aromatic heterocycles. The Kier molecular flexibility index (Phi) is 5.71. The van der Waals surface area contributed by atoms with Crippen molar-refractivity contribution >= 4 is 11.6 Å². The van der Waals surface area contributed by atoms with E-state index in [0.29, 0.717) is 23.6 Å². The van der Waals surface area contributed by atoms with Gasteiger partial charge in [-0.15, -0.1) is 0 Å². The molecular formula is C18H20FNO3. The molecule has 0 unspecified atom stereocenters. The molecule has 1 amide bonds. The van der Waals surface area contributed by atoms with Crippen LogP contribution in [-0.2, 0) is 11.3 Å². The normalized spacial score (nSPS) is 10.7. The minimum Gasteiger partial charge on any atom is -0.489 e. The van der Waals surface area contributed by atoms with E-state index >= 15 is 0 Å². The molecule has 0 aliphatic heterocycles. The molecule has 2 aromatic rings. The van der Waals surface area contributed by atoms with Crippen LogP contribution >= 0.6 is 0 Å². The van der Waals surface area contributed by atoms with Gasteiger partial charge >= 0.3 is 0 Å². The first-order valence-electron chi connectivity index (χ1n) is 7.35. The number of methoxy groups -OCH3 is 1. The van der Waals surface area contributed by atoms with Gasteiger partial charge in [-0.2, -0.15) is 0 Å². The van der Waals surface area contributed by atoms with E-state index in [4.69, 9.17) is 9.47 Å². The first-order valence-corrected chi connectivity index (χ1v) is 7.35. The van der Waals surface area contributed by atoms with E-state index in [2.05, 4.69) is 5.32 Å². The van der Waals surface area contributed by atoms with Gasteiger partial charge in [0, 0.05) is 18.7 Å². The summed E-state index contributed by atoms with van der Waals surface area (Å²) in [5.41, 5.74) is 1.54. The summed E-state index contributed by atoms with van der Waals surface area (Å²) >= 11 is 0. The van der Waals surface area contributed by atoms with Crippen LogP contribution in [0, 0.1) is 5.82 Å². The van der Waals surface area contributed by atoms with Crippen molar-refractivity contribution in [2.24, 2.45) is 0 Å². The Bertz CT molecular complexity index is 686. The summed E-state index contributed by atoms with van der Waals surface area (Å²) in [7, 11) is 1.57. The largest absolute Gasteiger partial charge is 0.489 e. The molecule has 0 heterocycles. The van der Waals surface area contributed by atoms with Crippen LogP contribution in [0.2, 0.25) is 0 Å². The Balaban J connectivity index is 2.28. The molecule has 4 nitrogen and oxygen atoms in total. The maximum atomic E-state index is 13.5. The predicted molar refractivity (Wildman–Crippen MR) is 87.3 cm³/mol. The molecule has 0 fully saturated rings. The molecule has 2 rings (SSSR count). The number of benzene rings is 2. The third-order valence-electron chi connectivity index (χ3n) is 3.11. The lowest BCUT2D eigenvalue weighted by Crippen LogP contribution is -2.16. The topological polar surface area (TPSA) is 47.6 Å². The fourth-order valence-electron chi connectivity index (χ4n) is 2.17. The summed E-state index contributed by atoms with van der Waals surface area (Å²) in [4.78, 5) is 12.5. The molecule has 122 valence electrons. The molecule has 5 heteroatoms. The summed E-state index contributed by atoms with van der Waals surface area (Å²) in [6, 6.07) is 11.2. The fourth-order valence-corrected chi connectivity index (χ4v) is 2.17. The fraction of sp³-hybridized carbons (Fsp3) is 0.278. The van der Waals surface area contributed by atoms with Crippen LogP contribution in [0.25, 0.3) is 0 Å². The van der Waals surface area contributed by atoms with Gasteiger partial charge in [-0.3, -0.25) is 4.79 Å². The maximum absolute atomic E-state index is 13.5. The van der Waals surface area contributed by atoms with Crippen LogP contribution in [0.4, 0.5) is 10.1 Å². The van der Waals surface area contributed by atoms with Gasteiger partial charge in [-0.05, 0) is 37.6 Å². The van der Waals surface area contributed by atoms with Crippen molar-refractivity contribution in [2.45, 2.75) is 26.6 Å². The standard InChI is InChI=1S/C18H20FNO3/c1-12(2)23-17-9-8-14(19)10-16(17)20-18(21)15-7-5-4-6-13(15)11-22-3/h4-10,12H,11H2,1-3H3,(H,20,21). The molecule has 0 aliphatic rings. The smallest absolute Gasteiger partial charge is 0.256 e. The lowest BCUT2D eigenvalue weighted by molar-refractivity contribution is 0.102. The SMILES string of the molecule is COCc1ccccc1C(=O)Nc1cc(F)ccc1OC(C)C. The monoisotopic (exact) mass is 317 g/mol. The molecule has 0 bridgehead atoms. The van der Waals surface area contributed by atoms with E-state index < -0.39 is 5.82 Å². The van der Waals surface area contributed by atoms with Gasteiger partial charge in [-0.1, -0.05) is 18.2 Å². The molecule has 0 spiro atoms. The van der Waals surface area contributed by atoms with E-state index in [-0.39, 0.29) is 12.0 Å². The van der Waals surface area contributed by atoms with Crippen molar-refractivity contribution in [1.29, 1.82) is 0 Å². The number of halogens is 1. The highest BCUT2D eigenvalue weighted by atomic mass is 19.1. The Hall–Kier alpha value is -2.40. The molecule has 1 N–H and O–H groups in total. The van der Waals surface area contributed by atoms with Crippen molar-refractivity contribution in [3.63, 3.8) is 0 Å². The summed E-state index contributed by atoms with van der Waals surface area (Å²) in [5, 5.41) is 2.71. The Morgan fingerprint density at radius 3 is 2.65 bits per heavy atom. The molecular weight excluding hydrogens is 297 g/mol. The lowest BCUT2D eigenvalue weighted by atomic mass is 10.1. The molecule has 0 aliphatic carbocycles. The summed E-state index contributed by atoms with van der Waals surface area (Å²) < 4.78 is 24.2. The zero-order chi connectivity index (χ0) is 16.8. The highest BCUT2D eigenvalue weighted by Crippen LogP contribution is 2.27. The molecule has 0 atom stereocenters. The number of amides is 1. The molecule has 23 heavy (non-hydrogen) atoms. The predicted octanol–water partition coefficient (Wildman–Crippen LogP) is 4.01. The Morgan fingerprint density at radius 1 is 1.22 bits per heavy atom. The number of nitrogens with one attached hydrogen (secondary N) is 1. The highest BCUT2D eigenvalue weighted by molar-refractivity contribution is 6.06. The zero-order valence-corrected chi connectivity index (χ0v) is 13.4. The number of hydrogen-bond acceptors (Lipinski definition) is 3. The van der Waals surface area contributed by atoms with Gasteiger partial charge in [0.05, 0.1) is 18.4 Å². The summed E-state index contributed by atoms with van der Waals surface area (Å²) in [6.45, 7) is 4.05. The number of hydrogen-bond donors (Lipinski definition) is 1.